The lowest BCUT2D eigenvalue weighted by Gasteiger charge is -2.36. The highest BCUT2D eigenvalue weighted by Crippen LogP contribution is 2.31. The monoisotopic (exact) mass is 144 g/mol. The molecule has 1 rings (SSSR count). The highest BCUT2D eigenvalue weighted by atomic mass is 16.3. The van der Waals surface area contributed by atoms with E-state index in [1.54, 1.807) is 6.92 Å². The summed E-state index contributed by atoms with van der Waals surface area (Å²) in [4.78, 5) is 0. The Hall–Kier alpha value is -0.0800. The second-order valence-electron chi connectivity index (χ2n) is 3.76. The van der Waals surface area contributed by atoms with Crippen LogP contribution in [0.15, 0.2) is 0 Å². The van der Waals surface area contributed by atoms with E-state index in [0.29, 0.717) is 5.92 Å². The summed E-state index contributed by atoms with van der Waals surface area (Å²) in [5, 5.41) is 18.9. The molecule has 0 unspecified atom stereocenters. The minimum Gasteiger partial charge on any atom is -0.390 e. The number of aliphatic hydroxyl groups excluding tert-OH is 1. The lowest BCUT2D eigenvalue weighted by molar-refractivity contribution is -0.0985. The zero-order valence-corrected chi connectivity index (χ0v) is 6.67. The van der Waals surface area contributed by atoms with Crippen LogP contribution in [0.25, 0.3) is 0 Å². The molecule has 0 amide bonds. The molecule has 10 heavy (non-hydrogen) atoms. The summed E-state index contributed by atoms with van der Waals surface area (Å²) in [6.45, 7) is 3.83. The van der Waals surface area contributed by atoms with Gasteiger partial charge in [-0.25, -0.2) is 0 Å². The average Bonchev–Trinajstić information content (AvgIpc) is 1.78. The summed E-state index contributed by atoms with van der Waals surface area (Å²) in [6.07, 6.45) is 2.00. The number of aliphatic hydroxyl groups is 2. The molecule has 0 aromatic rings. The van der Waals surface area contributed by atoms with Crippen LogP contribution in [0.1, 0.15) is 33.1 Å². The maximum absolute atomic E-state index is 9.56. The third-order valence-electron chi connectivity index (χ3n) is 2.41. The van der Waals surface area contributed by atoms with E-state index >= 15 is 0 Å². The predicted octanol–water partition coefficient (Wildman–Crippen LogP) is 0.918. The predicted molar refractivity (Wildman–Crippen MR) is 39.6 cm³/mol. The Morgan fingerprint density at radius 3 is 2.40 bits per heavy atom. The van der Waals surface area contributed by atoms with Crippen LogP contribution >= 0.6 is 0 Å². The molecule has 0 spiro atoms. The van der Waals surface area contributed by atoms with Crippen molar-refractivity contribution in [3.63, 3.8) is 0 Å². The molecular formula is C8H16O2. The maximum Gasteiger partial charge on any atom is 0.0880 e. The van der Waals surface area contributed by atoms with E-state index in [1.807, 2.05) is 0 Å². The van der Waals surface area contributed by atoms with E-state index in [2.05, 4.69) is 6.92 Å². The Morgan fingerprint density at radius 1 is 1.40 bits per heavy atom. The third kappa shape index (κ3) is 1.50. The molecule has 2 heteroatoms. The van der Waals surface area contributed by atoms with Crippen LogP contribution in [0.2, 0.25) is 0 Å². The van der Waals surface area contributed by atoms with Crippen molar-refractivity contribution < 1.29 is 10.2 Å². The molecular weight excluding hydrogens is 128 g/mol. The molecule has 3 atom stereocenters. The second-order valence-corrected chi connectivity index (χ2v) is 3.76. The summed E-state index contributed by atoms with van der Waals surface area (Å²) in [5.41, 5.74) is -0.836. The summed E-state index contributed by atoms with van der Waals surface area (Å²) in [6, 6.07) is 0. The Kier molecular flexibility index (Phi) is 2.02. The van der Waals surface area contributed by atoms with Crippen molar-refractivity contribution in [2.24, 2.45) is 5.92 Å². The Labute approximate surface area is 61.9 Å². The average molecular weight is 144 g/mol. The first-order valence-electron chi connectivity index (χ1n) is 3.93. The van der Waals surface area contributed by atoms with Crippen molar-refractivity contribution in [1.29, 1.82) is 0 Å². The van der Waals surface area contributed by atoms with Gasteiger partial charge in [-0.05, 0) is 32.1 Å². The maximum atomic E-state index is 9.56. The first-order chi connectivity index (χ1) is 4.52. The molecule has 1 aliphatic rings. The second kappa shape index (κ2) is 2.51. The van der Waals surface area contributed by atoms with Gasteiger partial charge >= 0.3 is 0 Å². The van der Waals surface area contributed by atoms with Crippen molar-refractivity contribution in [3.8, 4) is 0 Å². The van der Waals surface area contributed by atoms with Crippen LogP contribution in [0, 0.1) is 5.92 Å². The SMILES string of the molecule is C[C@@H]1CC[C@@H](O)[C@@](C)(O)C1. The molecule has 1 saturated carbocycles. The van der Waals surface area contributed by atoms with Crippen molar-refractivity contribution in [3.05, 3.63) is 0 Å². The summed E-state index contributed by atoms with van der Waals surface area (Å²) < 4.78 is 0. The molecule has 0 aromatic heterocycles. The zero-order chi connectivity index (χ0) is 7.78. The van der Waals surface area contributed by atoms with Crippen LogP contribution in [0.3, 0.4) is 0 Å². The first-order valence-corrected chi connectivity index (χ1v) is 3.93. The van der Waals surface area contributed by atoms with E-state index in [4.69, 9.17) is 0 Å². The van der Waals surface area contributed by atoms with Crippen LogP contribution in [-0.2, 0) is 0 Å². The standard InChI is InChI=1S/C8H16O2/c1-6-3-4-7(9)8(2,10)5-6/h6-7,9-10H,3-5H2,1-2H3/t6-,7-,8+/m1/s1. The molecule has 0 saturated heterocycles. The van der Waals surface area contributed by atoms with Gasteiger partial charge in [0.1, 0.15) is 0 Å². The van der Waals surface area contributed by atoms with Gasteiger partial charge in [-0.2, -0.15) is 0 Å². The molecule has 1 fully saturated rings. The van der Waals surface area contributed by atoms with Gasteiger partial charge < -0.3 is 10.2 Å². The Bertz CT molecular complexity index is 120. The van der Waals surface area contributed by atoms with Gasteiger partial charge in [0, 0.05) is 0 Å². The fourth-order valence-corrected chi connectivity index (χ4v) is 1.70. The minimum atomic E-state index is -0.836. The Balaban J connectivity index is 2.55. The van der Waals surface area contributed by atoms with Crippen molar-refractivity contribution in [2.75, 3.05) is 0 Å². The molecule has 0 aliphatic heterocycles. The first kappa shape index (κ1) is 8.02. The van der Waals surface area contributed by atoms with Crippen molar-refractivity contribution >= 4 is 0 Å². The molecule has 0 aromatic carbocycles. The number of hydrogen-bond donors (Lipinski definition) is 2. The fraction of sp³-hybridized carbons (Fsp3) is 1.00. The van der Waals surface area contributed by atoms with Crippen LogP contribution < -0.4 is 0 Å². The van der Waals surface area contributed by atoms with Crippen LogP contribution in [0.4, 0.5) is 0 Å². The van der Waals surface area contributed by atoms with Crippen LogP contribution in [-0.4, -0.2) is 21.9 Å². The van der Waals surface area contributed by atoms with Gasteiger partial charge in [-0.15, -0.1) is 0 Å². The Morgan fingerprint density at radius 2 is 2.00 bits per heavy atom. The minimum absolute atomic E-state index is 0.510. The highest BCUT2D eigenvalue weighted by Gasteiger charge is 2.35. The molecule has 0 bridgehead atoms. The zero-order valence-electron chi connectivity index (χ0n) is 6.67. The molecule has 0 heterocycles. The van der Waals surface area contributed by atoms with E-state index in [-0.39, 0.29) is 0 Å². The largest absolute Gasteiger partial charge is 0.390 e. The van der Waals surface area contributed by atoms with E-state index in [0.717, 1.165) is 19.3 Å². The van der Waals surface area contributed by atoms with Crippen LogP contribution in [0.5, 0.6) is 0 Å². The highest BCUT2D eigenvalue weighted by molar-refractivity contribution is 4.88. The smallest absolute Gasteiger partial charge is 0.0880 e. The normalized spacial score (nSPS) is 49.2. The summed E-state index contributed by atoms with van der Waals surface area (Å²) >= 11 is 0. The topological polar surface area (TPSA) is 40.5 Å². The molecule has 2 N–H and O–H groups in total. The van der Waals surface area contributed by atoms with E-state index in [9.17, 15) is 10.2 Å². The molecule has 60 valence electrons. The van der Waals surface area contributed by atoms with Crippen molar-refractivity contribution in [1.82, 2.24) is 0 Å². The lowest BCUT2D eigenvalue weighted by atomic mass is 9.78. The van der Waals surface area contributed by atoms with E-state index < -0.39 is 11.7 Å². The quantitative estimate of drug-likeness (QED) is 0.530. The number of hydrogen-bond acceptors (Lipinski definition) is 2. The molecule has 2 nitrogen and oxygen atoms in total. The molecule has 1 aliphatic carbocycles. The van der Waals surface area contributed by atoms with Crippen molar-refractivity contribution in [2.45, 2.75) is 44.8 Å². The summed E-state index contributed by atoms with van der Waals surface area (Å²) in [7, 11) is 0. The van der Waals surface area contributed by atoms with Gasteiger partial charge in [-0.1, -0.05) is 6.92 Å². The summed E-state index contributed by atoms with van der Waals surface area (Å²) in [5.74, 6) is 0.554. The number of rotatable bonds is 0. The van der Waals surface area contributed by atoms with E-state index in [1.165, 1.54) is 0 Å². The van der Waals surface area contributed by atoms with Gasteiger partial charge in [0.05, 0.1) is 11.7 Å². The van der Waals surface area contributed by atoms with Gasteiger partial charge in [0.2, 0.25) is 0 Å². The van der Waals surface area contributed by atoms with Gasteiger partial charge in [0.25, 0.3) is 0 Å². The lowest BCUT2D eigenvalue weighted by Crippen LogP contribution is -2.44. The van der Waals surface area contributed by atoms with Gasteiger partial charge in [-0.3, -0.25) is 0 Å². The fourth-order valence-electron chi connectivity index (χ4n) is 1.70. The molecule has 0 radical (unpaired) electrons. The third-order valence-corrected chi connectivity index (χ3v) is 2.41. The van der Waals surface area contributed by atoms with Gasteiger partial charge in [0.15, 0.2) is 0 Å².